The van der Waals surface area contributed by atoms with Crippen molar-refractivity contribution >= 4 is 5.91 Å². The summed E-state index contributed by atoms with van der Waals surface area (Å²) in [6.45, 7) is 2.20. The molecule has 2 rings (SSSR count). The van der Waals surface area contributed by atoms with Gasteiger partial charge in [0.2, 0.25) is 0 Å². The van der Waals surface area contributed by atoms with Crippen LogP contribution >= 0.6 is 0 Å². The lowest BCUT2D eigenvalue weighted by atomic mass is 10.2. The lowest BCUT2D eigenvalue weighted by molar-refractivity contribution is 0.0768. The van der Waals surface area contributed by atoms with Crippen molar-refractivity contribution < 1.29 is 9.90 Å². The van der Waals surface area contributed by atoms with E-state index in [1.807, 2.05) is 0 Å². The number of hydrogen-bond donors (Lipinski definition) is 1. The van der Waals surface area contributed by atoms with E-state index in [0.29, 0.717) is 24.3 Å². The summed E-state index contributed by atoms with van der Waals surface area (Å²) in [4.78, 5) is 21.7. The molecule has 0 spiro atoms. The van der Waals surface area contributed by atoms with E-state index in [1.165, 1.54) is 17.2 Å². The van der Waals surface area contributed by atoms with Gasteiger partial charge in [0.1, 0.15) is 12.7 Å². The highest BCUT2D eigenvalue weighted by molar-refractivity contribution is 5.93. The second kappa shape index (κ2) is 6.25. The van der Waals surface area contributed by atoms with Crippen LogP contribution < -0.4 is 0 Å². The van der Waals surface area contributed by atoms with Crippen molar-refractivity contribution in [3.8, 4) is 5.82 Å². The minimum Gasteiger partial charge on any atom is -0.393 e. The molecule has 1 atom stereocenters. The first kappa shape index (κ1) is 14.1. The number of aliphatic hydroxyl groups excluding tert-OH is 1. The molecular weight excluding hydrogens is 258 g/mol. The fourth-order valence-corrected chi connectivity index (χ4v) is 1.68. The van der Waals surface area contributed by atoms with Crippen molar-refractivity contribution in [1.29, 1.82) is 0 Å². The molecule has 2 aromatic rings. The predicted molar refractivity (Wildman–Crippen MR) is 72.4 cm³/mol. The molecule has 1 amide bonds. The van der Waals surface area contributed by atoms with Gasteiger partial charge in [-0.15, -0.1) is 0 Å². The van der Waals surface area contributed by atoms with Gasteiger partial charge in [-0.3, -0.25) is 4.79 Å². The fraction of sp³-hybridized carbons (Fsp3) is 0.385. The molecule has 1 N–H and O–H groups in total. The zero-order valence-corrected chi connectivity index (χ0v) is 11.5. The first-order valence-corrected chi connectivity index (χ1v) is 6.32. The summed E-state index contributed by atoms with van der Waals surface area (Å²) >= 11 is 0. The number of aliphatic hydroxyl groups is 1. The summed E-state index contributed by atoms with van der Waals surface area (Å²) in [5.41, 5.74) is 0.502. The van der Waals surface area contributed by atoms with Crippen LogP contribution in [0.4, 0.5) is 0 Å². The summed E-state index contributed by atoms with van der Waals surface area (Å²) in [5, 5.41) is 13.2. The number of nitrogens with zero attached hydrogens (tertiary/aromatic N) is 5. The largest absolute Gasteiger partial charge is 0.393 e. The monoisotopic (exact) mass is 275 g/mol. The minimum absolute atomic E-state index is 0.122. The van der Waals surface area contributed by atoms with E-state index in [2.05, 4.69) is 15.1 Å². The Labute approximate surface area is 116 Å². The molecule has 2 aromatic heterocycles. The van der Waals surface area contributed by atoms with Gasteiger partial charge in [0.15, 0.2) is 5.82 Å². The molecule has 0 radical (unpaired) electrons. The van der Waals surface area contributed by atoms with E-state index >= 15 is 0 Å². The number of carbonyl (C=O) groups excluding carboxylic acids is 1. The predicted octanol–water partition coefficient (Wildman–Crippen LogP) is 0.505. The van der Waals surface area contributed by atoms with Gasteiger partial charge in [-0.25, -0.2) is 14.6 Å². The van der Waals surface area contributed by atoms with Crippen molar-refractivity contribution in [2.75, 3.05) is 13.6 Å². The van der Waals surface area contributed by atoms with E-state index in [-0.39, 0.29) is 5.91 Å². The highest BCUT2D eigenvalue weighted by Crippen LogP contribution is 2.07. The normalized spacial score (nSPS) is 12.2. The van der Waals surface area contributed by atoms with Crippen molar-refractivity contribution in [2.45, 2.75) is 19.4 Å². The van der Waals surface area contributed by atoms with Crippen LogP contribution in [0.5, 0.6) is 0 Å². The topological polar surface area (TPSA) is 84.1 Å². The molecule has 1 unspecified atom stereocenters. The number of pyridine rings is 1. The Kier molecular flexibility index (Phi) is 4.41. The lowest BCUT2D eigenvalue weighted by Crippen LogP contribution is -2.29. The average molecular weight is 275 g/mol. The van der Waals surface area contributed by atoms with E-state index in [4.69, 9.17) is 0 Å². The van der Waals surface area contributed by atoms with Gasteiger partial charge in [0.25, 0.3) is 5.91 Å². The van der Waals surface area contributed by atoms with Gasteiger partial charge in [-0.1, -0.05) is 0 Å². The van der Waals surface area contributed by atoms with E-state index < -0.39 is 6.10 Å². The molecule has 106 valence electrons. The zero-order chi connectivity index (χ0) is 14.5. The molecule has 7 nitrogen and oxygen atoms in total. The Bertz CT molecular complexity index is 551. The summed E-state index contributed by atoms with van der Waals surface area (Å²) in [6, 6.07) is 3.41. The molecule has 0 aliphatic carbocycles. The number of aromatic nitrogens is 4. The summed E-state index contributed by atoms with van der Waals surface area (Å²) < 4.78 is 1.52. The van der Waals surface area contributed by atoms with Gasteiger partial charge < -0.3 is 10.0 Å². The average Bonchev–Trinajstić information content (AvgIpc) is 2.98. The van der Waals surface area contributed by atoms with Crippen LogP contribution in [0.25, 0.3) is 5.82 Å². The SMILES string of the molecule is CC(O)CCN(C)C(=O)c1ccc(-n2cncn2)nc1. The van der Waals surface area contributed by atoms with Crippen molar-refractivity contribution in [2.24, 2.45) is 0 Å². The van der Waals surface area contributed by atoms with Crippen LogP contribution in [0, 0.1) is 0 Å². The molecule has 0 bridgehead atoms. The third-order valence-corrected chi connectivity index (χ3v) is 2.88. The Morgan fingerprint density at radius 3 is 2.85 bits per heavy atom. The maximum absolute atomic E-state index is 12.1. The second-order valence-corrected chi connectivity index (χ2v) is 4.61. The van der Waals surface area contributed by atoms with Crippen LogP contribution in [0.2, 0.25) is 0 Å². The first-order valence-electron chi connectivity index (χ1n) is 6.32. The lowest BCUT2D eigenvalue weighted by Gasteiger charge is -2.17. The highest BCUT2D eigenvalue weighted by Gasteiger charge is 2.13. The first-order chi connectivity index (χ1) is 9.58. The van der Waals surface area contributed by atoms with Crippen LogP contribution in [-0.4, -0.2) is 55.4 Å². The number of hydrogen-bond acceptors (Lipinski definition) is 5. The van der Waals surface area contributed by atoms with Crippen LogP contribution in [0.1, 0.15) is 23.7 Å². The van der Waals surface area contributed by atoms with Gasteiger partial charge >= 0.3 is 0 Å². The second-order valence-electron chi connectivity index (χ2n) is 4.61. The molecule has 20 heavy (non-hydrogen) atoms. The number of amides is 1. The minimum atomic E-state index is -0.418. The molecule has 0 aromatic carbocycles. The van der Waals surface area contributed by atoms with Crippen LogP contribution in [0.15, 0.2) is 31.0 Å². The standard InChI is InChI=1S/C13H17N5O2/c1-10(19)5-6-17(2)13(20)11-3-4-12(15-7-11)18-9-14-8-16-18/h3-4,7-10,19H,5-6H2,1-2H3. The molecule has 0 saturated carbocycles. The third-order valence-electron chi connectivity index (χ3n) is 2.88. The van der Waals surface area contributed by atoms with Crippen LogP contribution in [-0.2, 0) is 0 Å². The van der Waals surface area contributed by atoms with Crippen molar-refractivity contribution in [3.63, 3.8) is 0 Å². The summed E-state index contributed by atoms with van der Waals surface area (Å²) in [6.07, 6.45) is 4.60. The Hall–Kier alpha value is -2.28. The third kappa shape index (κ3) is 3.39. The molecule has 0 fully saturated rings. The van der Waals surface area contributed by atoms with Gasteiger partial charge in [-0.2, -0.15) is 5.10 Å². The Balaban J connectivity index is 2.04. The highest BCUT2D eigenvalue weighted by atomic mass is 16.3. The Morgan fingerprint density at radius 2 is 2.30 bits per heavy atom. The van der Waals surface area contributed by atoms with Gasteiger partial charge in [-0.05, 0) is 25.5 Å². The van der Waals surface area contributed by atoms with Gasteiger partial charge in [0, 0.05) is 19.8 Å². The fourth-order valence-electron chi connectivity index (χ4n) is 1.68. The summed E-state index contributed by atoms with van der Waals surface area (Å²) in [5.74, 6) is 0.481. The molecular formula is C13H17N5O2. The summed E-state index contributed by atoms with van der Waals surface area (Å²) in [7, 11) is 1.70. The van der Waals surface area contributed by atoms with Crippen LogP contribution in [0.3, 0.4) is 0 Å². The van der Waals surface area contributed by atoms with Crippen molar-refractivity contribution in [1.82, 2.24) is 24.6 Å². The van der Waals surface area contributed by atoms with Gasteiger partial charge in [0.05, 0.1) is 11.7 Å². The molecule has 0 aliphatic heterocycles. The molecule has 0 aliphatic rings. The van der Waals surface area contributed by atoms with E-state index in [9.17, 15) is 9.90 Å². The molecule has 2 heterocycles. The van der Waals surface area contributed by atoms with E-state index in [0.717, 1.165) is 0 Å². The maximum Gasteiger partial charge on any atom is 0.255 e. The number of carbonyl (C=O) groups is 1. The Morgan fingerprint density at radius 1 is 1.50 bits per heavy atom. The smallest absolute Gasteiger partial charge is 0.255 e. The maximum atomic E-state index is 12.1. The zero-order valence-electron chi connectivity index (χ0n) is 11.5. The molecule has 7 heteroatoms. The quantitative estimate of drug-likeness (QED) is 0.859. The van der Waals surface area contributed by atoms with Crippen molar-refractivity contribution in [3.05, 3.63) is 36.5 Å². The molecule has 0 saturated heterocycles. The van der Waals surface area contributed by atoms with E-state index in [1.54, 1.807) is 37.3 Å². The number of rotatable bonds is 5.